The molecule has 0 amide bonds. The number of H-pyrrole nitrogens is 1. The highest BCUT2D eigenvalue weighted by molar-refractivity contribution is 6.30. The number of imidazole rings is 1. The summed E-state index contributed by atoms with van der Waals surface area (Å²) in [5.41, 5.74) is 0.766. The molecule has 2 N–H and O–H groups in total. The highest BCUT2D eigenvalue weighted by Crippen LogP contribution is 2.20. The fourth-order valence-corrected chi connectivity index (χ4v) is 1.30. The normalized spacial score (nSPS) is 10.4. The summed E-state index contributed by atoms with van der Waals surface area (Å²) in [5, 5.41) is 9.27. The molecule has 14 heavy (non-hydrogen) atoms. The zero-order valence-corrected chi connectivity index (χ0v) is 7.99. The summed E-state index contributed by atoms with van der Waals surface area (Å²) in [7, 11) is 0. The molecule has 0 aliphatic heterocycles. The third kappa shape index (κ3) is 1.85. The molecule has 0 bridgehead atoms. The van der Waals surface area contributed by atoms with Gasteiger partial charge < -0.3 is 10.1 Å². The Hall–Kier alpha value is -1.55. The first-order valence-electron chi connectivity index (χ1n) is 4.08. The van der Waals surface area contributed by atoms with E-state index in [0.717, 1.165) is 11.5 Å². The molecule has 2 rings (SSSR count). The molecule has 72 valence electrons. The van der Waals surface area contributed by atoms with Crippen LogP contribution in [0.1, 0.15) is 11.5 Å². The average Bonchev–Trinajstić information content (AvgIpc) is 2.64. The molecule has 5 heteroatoms. The van der Waals surface area contributed by atoms with Gasteiger partial charge in [-0.3, -0.25) is 0 Å². The summed E-state index contributed by atoms with van der Waals surface area (Å²) in [5.74, 6) is 0.814. The van der Waals surface area contributed by atoms with Crippen molar-refractivity contribution in [1.29, 1.82) is 0 Å². The Morgan fingerprint density at radius 3 is 2.93 bits per heavy atom. The minimum atomic E-state index is -0.00476. The van der Waals surface area contributed by atoms with Crippen molar-refractivity contribution in [1.82, 2.24) is 15.0 Å². The van der Waals surface area contributed by atoms with Gasteiger partial charge in [0, 0.05) is 24.5 Å². The van der Waals surface area contributed by atoms with Crippen LogP contribution in [0.2, 0.25) is 5.15 Å². The number of aromatic nitrogens is 3. The fourth-order valence-electron chi connectivity index (χ4n) is 1.13. The Bertz CT molecular complexity index is 428. The summed E-state index contributed by atoms with van der Waals surface area (Å²) in [6, 6.07) is 3.23. The lowest BCUT2D eigenvalue weighted by Gasteiger charge is -1.99. The van der Waals surface area contributed by atoms with E-state index in [1.807, 2.05) is 0 Å². The summed E-state index contributed by atoms with van der Waals surface area (Å²) < 4.78 is 0. The number of rotatable bonds is 2. The lowest BCUT2D eigenvalue weighted by molar-refractivity contribution is 0.472. The molecule has 0 spiro atoms. The first-order chi connectivity index (χ1) is 6.75. The summed E-state index contributed by atoms with van der Waals surface area (Å²) in [6.07, 6.45) is 4.00. The van der Waals surface area contributed by atoms with Crippen LogP contribution in [0.4, 0.5) is 0 Å². The van der Waals surface area contributed by atoms with Crippen molar-refractivity contribution in [3.63, 3.8) is 0 Å². The molecule has 0 unspecified atom stereocenters. The number of nitrogens with zero attached hydrogens (tertiary/aromatic N) is 2. The predicted octanol–water partition coefficient (Wildman–Crippen LogP) is 1.75. The van der Waals surface area contributed by atoms with Gasteiger partial charge in [0.2, 0.25) is 0 Å². The van der Waals surface area contributed by atoms with Gasteiger partial charge in [-0.1, -0.05) is 11.6 Å². The predicted molar refractivity (Wildman–Crippen MR) is 52.3 cm³/mol. The Labute approximate surface area is 85.6 Å². The van der Waals surface area contributed by atoms with E-state index in [2.05, 4.69) is 15.0 Å². The third-order valence-electron chi connectivity index (χ3n) is 1.79. The zero-order valence-electron chi connectivity index (χ0n) is 7.24. The van der Waals surface area contributed by atoms with E-state index >= 15 is 0 Å². The number of nitrogens with one attached hydrogen (secondary N) is 1. The van der Waals surface area contributed by atoms with Gasteiger partial charge in [0.05, 0.1) is 0 Å². The van der Waals surface area contributed by atoms with E-state index in [-0.39, 0.29) is 10.9 Å². The van der Waals surface area contributed by atoms with Gasteiger partial charge in [-0.2, -0.15) is 0 Å². The Balaban J connectivity index is 2.22. The number of hydrogen-bond donors (Lipinski definition) is 2. The molecule has 0 aromatic carbocycles. The Morgan fingerprint density at radius 2 is 2.29 bits per heavy atom. The van der Waals surface area contributed by atoms with E-state index in [9.17, 15) is 0 Å². The maximum Gasteiger partial charge on any atom is 0.171 e. The van der Waals surface area contributed by atoms with Crippen LogP contribution < -0.4 is 0 Å². The number of hydrogen-bond acceptors (Lipinski definition) is 3. The van der Waals surface area contributed by atoms with Gasteiger partial charge in [0.1, 0.15) is 5.82 Å². The van der Waals surface area contributed by atoms with Crippen molar-refractivity contribution in [3.05, 3.63) is 41.2 Å². The van der Waals surface area contributed by atoms with Crippen LogP contribution in [0.25, 0.3) is 0 Å². The Morgan fingerprint density at radius 1 is 1.43 bits per heavy atom. The quantitative estimate of drug-likeness (QED) is 0.741. The van der Waals surface area contributed by atoms with Gasteiger partial charge in [-0.15, -0.1) is 0 Å². The fraction of sp³-hybridized carbons (Fsp3) is 0.111. The number of halogens is 1. The molecule has 2 aromatic heterocycles. The van der Waals surface area contributed by atoms with Gasteiger partial charge in [0.15, 0.2) is 10.9 Å². The molecule has 0 saturated carbocycles. The first-order valence-corrected chi connectivity index (χ1v) is 4.46. The largest absolute Gasteiger partial charge is 0.505 e. The first kappa shape index (κ1) is 9.02. The summed E-state index contributed by atoms with van der Waals surface area (Å²) >= 11 is 5.66. The van der Waals surface area contributed by atoms with E-state index in [1.165, 1.54) is 6.07 Å². The standard InChI is InChI=1S/C9H8ClN3O/c10-9-7(14)2-1-6(13-9)5-8-11-3-4-12-8/h1-4,14H,5H2,(H,11,12). The molecule has 4 nitrogen and oxygen atoms in total. The maximum atomic E-state index is 9.15. The molecule has 0 fully saturated rings. The number of aromatic amines is 1. The molecular weight excluding hydrogens is 202 g/mol. The van der Waals surface area contributed by atoms with Crippen molar-refractivity contribution < 1.29 is 5.11 Å². The molecular formula is C9H8ClN3O. The molecule has 0 radical (unpaired) electrons. The number of aromatic hydroxyl groups is 1. The highest BCUT2D eigenvalue weighted by atomic mass is 35.5. The topological polar surface area (TPSA) is 61.8 Å². The summed E-state index contributed by atoms with van der Waals surface area (Å²) in [4.78, 5) is 11.0. The zero-order chi connectivity index (χ0) is 9.97. The second-order valence-corrected chi connectivity index (χ2v) is 3.18. The third-order valence-corrected chi connectivity index (χ3v) is 2.07. The molecule has 2 aromatic rings. The smallest absolute Gasteiger partial charge is 0.171 e. The van der Waals surface area contributed by atoms with Crippen LogP contribution in [0, 0.1) is 0 Å². The van der Waals surface area contributed by atoms with Crippen molar-refractivity contribution >= 4 is 11.6 Å². The van der Waals surface area contributed by atoms with Gasteiger partial charge in [-0.05, 0) is 12.1 Å². The molecule has 0 aliphatic rings. The lowest BCUT2D eigenvalue weighted by atomic mass is 10.2. The van der Waals surface area contributed by atoms with E-state index < -0.39 is 0 Å². The SMILES string of the molecule is Oc1ccc(Cc2ncc[nH]2)nc1Cl. The Kier molecular flexibility index (Phi) is 2.37. The van der Waals surface area contributed by atoms with Gasteiger partial charge >= 0.3 is 0 Å². The monoisotopic (exact) mass is 209 g/mol. The van der Waals surface area contributed by atoms with E-state index in [1.54, 1.807) is 18.5 Å². The minimum Gasteiger partial charge on any atom is -0.505 e. The lowest BCUT2D eigenvalue weighted by Crippen LogP contribution is -1.94. The van der Waals surface area contributed by atoms with Gasteiger partial charge in [0.25, 0.3) is 0 Å². The van der Waals surface area contributed by atoms with Crippen LogP contribution in [-0.2, 0) is 6.42 Å². The minimum absolute atomic E-state index is 0.00476. The average molecular weight is 210 g/mol. The van der Waals surface area contributed by atoms with Crippen molar-refractivity contribution in [2.45, 2.75) is 6.42 Å². The molecule has 0 aliphatic carbocycles. The van der Waals surface area contributed by atoms with Gasteiger partial charge in [-0.25, -0.2) is 9.97 Å². The van der Waals surface area contributed by atoms with Crippen molar-refractivity contribution in [2.75, 3.05) is 0 Å². The number of pyridine rings is 1. The van der Waals surface area contributed by atoms with Crippen LogP contribution >= 0.6 is 11.6 Å². The second kappa shape index (κ2) is 3.67. The van der Waals surface area contributed by atoms with Crippen LogP contribution in [0.15, 0.2) is 24.5 Å². The van der Waals surface area contributed by atoms with Crippen molar-refractivity contribution in [3.8, 4) is 5.75 Å². The van der Waals surface area contributed by atoms with E-state index in [0.29, 0.717) is 6.42 Å². The van der Waals surface area contributed by atoms with E-state index in [4.69, 9.17) is 16.7 Å². The van der Waals surface area contributed by atoms with Crippen LogP contribution in [0.3, 0.4) is 0 Å². The molecule has 0 atom stereocenters. The molecule has 2 heterocycles. The maximum absolute atomic E-state index is 9.15. The van der Waals surface area contributed by atoms with Crippen LogP contribution in [0.5, 0.6) is 5.75 Å². The second-order valence-electron chi connectivity index (χ2n) is 2.83. The van der Waals surface area contributed by atoms with Crippen molar-refractivity contribution in [2.24, 2.45) is 0 Å². The van der Waals surface area contributed by atoms with Crippen LogP contribution in [-0.4, -0.2) is 20.1 Å². The molecule has 0 saturated heterocycles. The summed E-state index contributed by atoms with van der Waals surface area (Å²) in [6.45, 7) is 0. The highest BCUT2D eigenvalue weighted by Gasteiger charge is 2.03.